The molecule has 2 saturated carbocycles. The highest BCUT2D eigenvalue weighted by molar-refractivity contribution is 8.00. The molecule has 0 unspecified atom stereocenters. The smallest absolute Gasteiger partial charge is 0.305 e. The van der Waals surface area contributed by atoms with Gasteiger partial charge in [-0.1, -0.05) is 41.7 Å². The van der Waals surface area contributed by atoms with Gasteiger partial charge < -0.3 is 4.98 Å². The molecule has 0 radical (unpaired) electrons. The van der Waals surface area contributed by atoms with Crippen LogP contribution in [0.4, 0.5) is 0 Å². The van der Waals surface area contributed by atoms with Gasteiger partial charge in [-0.3, -0.25) is 4.79 Å². The summed E-state index contributed by atoms with van der Waals surface area (Å²) >= 11 is 3.40. The number of nitrogens with one attached hydrogen (secondary N) is 1. The second-order valence-corrected chi connectivity index (χ2v) is 8.79. The van der Waals surface area contributed by atoms with Crippen LogP contribution >= 0.6 is 23.1 Å². The van der Waals surface area contributed by atoms with Crippen molar-refractivity contribution in [1.82, 2.24) is 4.98 Å². The average molecular weight is 315 g/mol. The lowest BCUT2D eigenvalue weighted by Gasteiger charge is -2.40. The van der Waals surface area contributed by atoms with E-state index in [2.05, 4.69) is 35.3 Å². The number of thioether (sulfide) groups is 1. The first-order valence-electron chi connectivity index (χ1n) is 7.76. The van der Waals surface area contributed by atoms with Gasteiger partial charge in [-0.05, 0) is 42.6 Å². The molecule has 5 atom stereocenters. The number of fused-ring (bicyclic) bond motifs is 6. The van der Waals surface area contributed by atoms with E-state index in [1.54, 1.807) is 0 Å². The van der Waals surface area contributed by atoms with Gasteiger partial charge in [0.15, 0.2) is 0 Å². The minimum absolute atomic E-state index is 0.112. The molecule has 21 heavy (non-hydrogen) atoms. The number of thiazole rings is 1. The molecule has 5 rings (SSSR count). The van der Waals surface area contributed by atoms with E-state index < -0.39 is 0 Å². The van der Waals surface area contributed by atoms with E-state index in [1.165, 1.54) is 41.0 Å². The number of H-pyrrole nitrogens is 1. The Morgan fingerprint density at radius 3 is 2.76 bits per heavy atom. The van der Waals surface area contributed by atoms with Crippen LogP contribution in [-0.2, 0) is 0 Å². The van der Waals surface area contributed by atoms with Gasteiger partial charge in [0.25, 0.3) is 0 Å². The van der Waals surface area contributed by atoms with Crippen LogP contribution in [0.15, 0.2) is 40.2 Å². The van der Waals surface area contributed by atoms with Crippen molar-refractivity contribution in [1.29, 1.82) is 0 Å². The molecule has 0 spiro atoms. The molecule has 0 saturated heterocycles. The first-order chi connectivity index (χ1) is 10.3. The van der Waals surface area contributed by atoms with Crippen LogP contribution in [0.5, 0.6) is 0 Å². The van der Waals surface area contributed by atoms with Gasteiger partial charge in [0, 0.05) is 16.0 Å². The van der Waals surface area contributed by atoms with E-state index in [1.807, 2.05) is 11.8 Å². The third-order valence-electron chi connectivity index (χ3n) is 5.62. The Kier molecular flexibility index (Phi) is 2.68. The third kappa shape index (κ3) is 1.75. The Hall–Kier alpha value is -1.00. The van der Waals surface area contributed by atoms with Crippen molar-refractivity contribution in [2.75, 3.05) is 0 Å². The zero-order valence-corrected chi connectivity index (χ0v) is 13.3. The second kappa shape index (κ2) is 4.50. The molecule has 4 heteroatoms. The Balaban J connectivity index is 1.70. The Morgan fingerprint density at radius 1 is 1.10 bits per heavy atom. The van der Waals surface area contributed by atoms with Crippen molar-refractivity contribution in [3.63, 3.8) is 0 Å². The molecule has 1 N–H and O–H groups in total. The molecular formula is C17H17NOS2. The van der Waals surface area contributed by atoms with Crippen LogP contribution in [0.3, 0.4) is 0 Å². The number of hydrogen-bond donors (Lipinski definition) is 1. The molecule has 2 aliphatic carbocycles. The highest BCUT2D eigenvalue weighted by Crippen LogP contribution is 2.63. The van der Waals surface area contributed by atoms with Crippen LogP contribution in [0.25, 0.3) is 0 Å². The van der Waals surface area contributed by atoms with Gasteiger partial charge in [-0.15, -0.1) is 11.8 Å². The molecule has 2 heterocycles. The second-order valence-electron chi connectivity index (χ2n) is 6.59. The van der Waals surface area contributed by atoms with Crippen LogP contribution in [0, 0.1) is 17.8 Å². The normalized spacial score (nSPS) is 36.5. The first kappa shape index (κ1) is 12.5. The Bertz CT molecular complexity index is 735. The summed E-state index contributed by atoms with van der Waals surface area (Å²) in [6.45, 7) is 0. The quantitative estimate of drug-likeness (QED) is 0.860. The molecule has 1 aliphatic heterocycles. The lowest BCUT2D eigenvalue weighted by atomic mass is 9.75. The fourth-order valence-corrected chi connectivity index (χ4v) is 7.78. The molecule has 3 aliphatic rings. The molecule has 0 amide bonds. The van der Waals surface area contributed by atoms with E-state index >= 15 is 0 Å². The van der Waals surface area contributed by atoms with E-state index in [4.69, 9.17) is 0 Å². The van der Waals surface area contributed by atoms with Gasteiger partial charge in [-0.25, -0.2) is 0 Å². The van der Waals surface area contributed by atoms with Crippen LogP contribution in [-0.4, -0.2) is 10.2 Å². The summed E-state index contributed by atoms with van der Waals surface area (Å²) in [6.07, 6.45) is 4.19. The minimum atomic E-state index is 0.112. The summed E-state index contributed by atoms with van der Waals surface area (Å²) in [5, 5.41) is 1.87. The maximum Gasteiger partial charge on any atom is 0.305 e. The third-order valence-corrected chi connectivity index (χ3v) is 8.25. The molecule has 1 aromatic heterocycles. The Morgan fingerprint density at radius 2 is 1.90 bits per heavy atom. The van der Waals surface area contributed by atoms with Crippen molar-refractivity contribution >= 4 is 23.1 Å². The van der Waals surface area contributed by atoms with Gasteiger partial charge in [-0.2, -0.15) is 0 Å². The largest absolute Gasteiger partial charge is 0.307 e. The van der Waals surface area contributed by atoms with Gasteiger partial charge in [0.2, 0.25) is 0 Å². The molecule has 2 aromatic rings. The van der Waals surface area contributed by atoms with Crippen molar-refractivity contribution in [3.8, 4) is 0 Å². The predicted molar refractivity (Wildman–Crippen MR) is 87.2 cm³/mol. The summed E-state index contributed by atoms with van der Waals surface area (Å²) in [6, 6.07) is 10.8. The zero-order valence-electron chi connectivity index (χ0n) is 11.6. The zero-order chi connectivity index (χ0) is 14.0. The molecule has 2 bridgehead atoms. The van der Waals surface area contributed by atoms with E-state index in [-0.39, 0.29) is 4.87 Å². The van der Waals surface area contributed by atoms with Gasteiger partial charge in [0.05, 0.1) is 5.03 Å². The standard InChI is InChI=1S/C17H17NOS2/c19-17-18-16-15(21-17)12(9-4-2-1-3-5-9)13-10-6-7-11(8-10)14(13)20-16/h1-5,10-14H,6-8H2,(H,18,19)/t10-,11-,12+,13-,14+/m0/s1. The van der Waals surface area contributed by atoms with Crippen molar-refractivity contribution < 1.29 is 0 Å². The lowest BCUT2D eigenvalue weighted by molar-refractivity contribution is 0.307. The van der Waals surface area contributed by atoms with E-state index in [0.29, 0.717) is 11.2 Å². The highest BCUT2D eigenvalue weighted by atomic mass is 32.2. The molecule has 2 nitrogen and oxygen atoms in total. The minimum Gasteiger partial charge on any atom is -0.307 e. The topological polar surface area (TPSA) is 32.9 Å². The number of benzene rings is 1. The first-order valence-corrected chi connectivity index (χ1v) is 9.45. The number of aromatic nitrogens is 1. The maximum absolute atomic E-state index is 11.9. The fraction of sp³-hybridized carbons (Fsp3) is 0.471. The summed E-state index contributed by atoms with van der Waals surface area (Å²) in [5.41, 5.74) is 1.40. The number of aromatic amines is 1. The average Bonchev–Trinajstić information content (AvgIpc) is 3.18. The highest BCUT2D eigenvalue weighted by Gasteiger charge is 2.54. The van der Waals surface area contributed by atoms with Crippen molar-refractivity contribution in [2.45, 2.75) is 35.5 Å². The molecule has 2 fully saturated rings. The lowest BCUT2D eigenvalue weighted by Crippen LogP contribution is -2.33. The SMILES string of the molecule is O=c1[nH]c2c(s1)[C@H](c1ccccc1)[C@@H]1[C@H]3CC[C@@H](C3)[C@H]1S2. The van der Waals surface area contributed by atoms with E-state index in [0.717, 1.165) is 22.8 Å². The van der Waals surface area contributed by atoms with Gasteiger partial charge in [0.1, 0.15) is 0 Å². The van der Waals surface area contributed by atoms with Crippen LogP contribution in [0.2, 0.25) is 0 Å². The molecular weight excluding hydrogens is 298 g/mol. The van der Waals surface area contributed by atoms with Crippen LogP contribution < -0.4 is 4.87 Å². The monoisotopic (exact) mass is 315 g/mol. The Labute approximate surface area is 132 Å². The van der Waals surface area contributed by atoms with Gasteiger partial charge >= 0.3 is 4.87 Å². The summed E-state index contributed by atoms with van der Waals surface area (Å²) < 4.78 is 0. The summed E-state index contributed by atoms with van der Waals surface area (Å²) in [5.74, 6) is 2.90. The maximum atomic E-state index is 11.9. The summed E-state index contributed by atoms with van der Waals surface area (Å²) in [7, 11) is 0. The van der Waals surface area contributed by atoms with Crippen molar-refractivity contribution in [3.05, 3.63) is 50.4 Å². The summed E-state index contributed by atoms with van der Waals surface area (Å²) in [4.78, 5) is 16.4. The number of rotatable bonds is 1. The number of hydrogen-bond acceptors (Lipinski definition) is 3. The van der Waals surface area contributed by atoms with E-state index in [9.17, 15) is 4.79 Å². The fourth-order valence-electron chi connectivity index (χ4n) is 4.88. The predicted octanol–water partition coefficient (Wildman–Crippen LogP) is 4.09. The molecule has 1 aromatic carbocycles. The molecule has 108 valence electrons. The van der Waals surface area contributed by atoms with Crippen molar-refractivity contribution in [2.24, 2.45) is 17.8 Å². The van der Waals surface area contributed by atoms with Crippen LogP contribution in [0.1, 0.15) is 35.6 Å².